The van der Waals surface area contributed by atoms with Gasteiger partial charge in [0.2, 0.25) is 0 Å². The van der Waals surface area contributed by atoms with Gasteiger partial charge in [-0.15, -0.1) is 0 Å². The van der Waals surface area contributed by atoms with Crippen LogP contribution in [0.4, 0.5) is 0 Å². The van der Waals surface area contributed by atoms with Gasteiger partial charge in [0.05, 0.1) is 0 Å². The minimum atomic E-state index is 0.428. The van der Waals surface area contributed by atoms with E-state index in [1.165, 1.54) is 6.33 Å². The van der Waals surface area contributed by atoms with Gasteiger partial charge in [0.15, 0.2) is 0 Å². The Hall–Kier alpha value is -1.19. The van der Waals surface area contributed by atoms with Crippen LogP contribution in [-0.2, 0) is 0 Å². The number of aromatic nitrogens is 3. The molecule has 2 aromatic rings. The van der Waals surface area contributed by atoms with E-state index in [-0.39, 0.29) is 0 Å². The van der Waals surface area contributed by atoms with Gasteiger partial charge in [-0.3, -0.25) is 0 Å². The minimum Gasteiger partial charge on any atom is -0.245 e. The summed E-state index contributed by atoms with van der Waals surface area (Å²) in [5.41, 5.74) is 0. The minimum absolute atomic E-state index is 0.428. The van der Waals surface area contributed by atoms with Gasteiger partial charge in [0, 0.05) is 23.6 Å². The molecule has 0 N–H and O–H groups in total. The summed E-state index contributed by atoms with van der Waals surface area (Å²) >= 11 is 11.0. The number of rotatable bonds is 0. The third-order valence-electron chi connectivity index (χ3n) is 1.17. The molecule has 0 aliphatic carbocycles. The zero-order valence-electron chi connectivity index (χ0n) is 7.14. The van der Waals surface area contributed by atoms with Crippen LogP contribution in [0.25, 0.3) is 0 Å². The molecule has 0 saturated carbocycles. The van der Waals surface area contributed by atoms with Crippen molar-refractivity contribution >= 4 is 23.2 Å². The van der Waals surface area contributed by atoms with Gasteiger partial charge in [-0.05, 0) is 18.2 Å². The molecule has 5 heteroatoms. The molecule has 0 bridgehead atoms. The van der Waals surface area contributed by atoms with Crippen molar-refractivity contribution in [3.63, 3.8) is 0 Å². The highest BCUT2D eigenvalue weighted by molar-refractivity contribution is 6.33. The van der Waals surface area contributed by atoms with Crippen LogP contribution in [0.15, 0.2) is 43.1 Å². The van der Waals surface area contributed by atoms with Crippen LogP contribution < -0.4 is 0 Å². The SMILES string of the molecule is Clc1ccnc(Cl)c1.c1cncnc1. The Morgan fingerprint density at radius 1 is 1.00 bits per heavy atom. The predicted octanol–water partition coefficient (Wildman–Crippen LogP) is 2.87. The summed E-state index contributed by atoms with van der Waals surface area (Å²) in [7, 11) is 0. The van der Waals surface area contributed by atoms with E-state index in [0.717, 1.165) is 0 Å². The molecule has 14 heavy (non-hydrogen) atoms. The van der Waals surface area contributed by atoms with Gasteiger partial charge in [0.1, 0.15) is 11.5 Å². The summed E-state index contributed by atoms with van der Waals surface area (Å²) in [6.07, 6.45) is 6.44. The summed E-state index contributed by atoms with van der Waals surface area (Å²) in [5.74, 6) is 0. The second kappa shape index (κ2) is 6.29. The lowest BCUT2D eigenvalue weighted by molar-refractivity contribution is 1.17. The molecule has 3 nitrogen and oxygen atoms in total. The van der Waals surface area contributed by atoms with Gasteiger partial charge in [0.25, 0.3) is 0 Å². The number of nitrogens with zero attached hydrogens (tertiary/aromatic N) is 3. The Kier molecular flexibility index (Phi) is 4.89. The van der Waals surface area contributed by atoms with Gasteiger partial charge < -0.3 is 0 Å². The maximum atomic E-state index is 5.52. The number of hydrogen-bond donors (Lipinski definition) is 0. The molecule has 0 aliphatic rings. The van der Waals surface area contributed by atoms with Crippen molar-refractivity contribution in [2.24, 2.45) is 0 Å². The average Bonchev–Trinajstić information content (AvgIpc) is 2.21. The third-order valence-corrected chi connectivity index (χ3v) is 1.61. The molecule has 0 fully saturated rings. The topological polar surface area (TPSA) is 38.7 Å². The Morgan fingerprint density at radius 2 is 1.71 bits per heavy atom. The highest BCUT2D eigenvalue weighted by atomic mass is 35.5. The van der Waals surface area contributed by atoms with E-state index in [1.54, 1.807) is 36.8 Å². The van der Waals surface area contributed by atoms with E-state index in [1.807, 2.05) is 0 Å². The number of pyridine rings is 1. The van der Waals surface area contributed by atoms with Crippen molar-refractivity contribution in [1.82, 2.24) is 15.0 Å². The lowest BCUT2D eigenvalue weighted by atomic mass is 10.5. The molecular weight excluding hydrogens is 221 g/mol. The highest BCUT2D eigenvalue weighted by Crippen LogP contribution is 2.10. The van der Waals surface area contributed by atoms with Crippen LogP contribution in [0.1, 0.15) is 0 Å². The quantitative estimate of drug-likeness (QED) is 0.650. The van der Waals surface area contributed by atoms with Crippen molar-refractivity contribution in [3.05, 3.63) is 53.3 Å². The molecule has 0 aliphatic heterocycles. The van der Waals surface area contributed by atoms with E-state index in [0.29, 0.717) is 10.2 Å². The van der Waals surface area contributed by atoms with Crippen LogP contribution in [0.2, 0.25) is 10.2 Å². The number of hydrogen-bond acceptors (Lipinski definition) is 3. The molecule has 0 spiro atoms. The lowest BCUT2D eigenvalue weighted by Gasteiger charge is -1.85. The molecule has 0 aromatic carbocycles. The van der Waals surface area contributed by atoms with Crippen molar-refractivity contribution in [1.29, 1.82) is 0 Å². The normalized spacial score (nSPS) is 8.71. The second-order valence-electron chi connectivity index (χ2n) is 2.20. The van der Waals surface area contributed by atoms with Crippen LogP contribution >= 0.6 is 23.2 Å². The molecule has 0 unspecified atom stereocenters. The van der Waals surface area contributed by atoms with Crippen LogP contribution in [0.5, 0.6) is 0 Å². The third kappa shape index (κ3) is 4.74. The second-order valence-corrected chi connectivity index (χ2v) is 3.02. The van der Waals surface area contributed by atoms with Gasteiger partial charge in [-0.1, -0.05) is 23.2 Å². The zero-order valence-corrected chi connectivity index (χ0v) is 8.65. The highest BCUT2D eigenvalue weighted by Gasteiger charge is 1.86. The summed E-state index contributed by atoms with van der Waals surface area (Å²) in [4.78, 5) is 11.1. The fourth-order valence-electron chi connectivity index (χ4n) is 0.632. The maximum Gasteiger partial charge on any atom is 0.130 e. The van der Waals surface area contributed by atoms with E-state index in [4.69, 9.17) is 23.2 Å². The van der Waals surface area contributed by atoms with Crippen molar-refractivity contribution in [3.8, 4) is 0 Å². The monoisotopic (exact) mass is 227 g/mol. The Labute approximate surface area is 91.8 Å². The standard InChI is InChI=1S/C5H3Cl2N.C4H4N2/c6-4-1-2-8-5(7)3-4;1-2-5-4-6-3-1/h1-3H;1-4H. The van der Waals surface area contributed by atoms with Crippen molar-refractivity contribution in [2.75, 3.05) is 0 Å². The summed E-state index contributed by atoms with van der Waals surface area (Å²) in [6, 6.07) is 5.04. The van der Waals surface area contributed by atoms with E-state index in [2.05, 4.69) is 15.0 Å². The molecule has 0 amide bonds. The number of halogens is 2. The van der Waals surface area contributed by atoms with Gasteiger partial charge >= 0.3 is 0 Å². The van der Waals surface area contributed by atoms with E-state index >= 15 is 0 Å². The van der Waals surface area contributed by atoms with Crippen molar-refractivity contribution in [2.45, 2.75) is 0 Å². The van der Waals surface area contributed by atoms with Gasteiger partial charge in [-0.2, -0.15) is 0 Å². The maximum absolute atomic E-state index is 5.52. The van der Waals surface area contributed by atoms with Crippen LogP contribution in [0.3, 0.4) is 0 Å². The van der Waals surface area contributed by atoms with E-state index < -0.39 is 0 Å². The summed E-state index contributed by atoms with van der Waals surface area (Å²) in [5, 5.41) is 1.04. The predicted molar refractivity (Wildman–Crippen MR) is 56.3 cm³/mol. The van der Waals surface area contributed by atoms with E-state index in [9.17, 15) is 0 Å². The Morgan fingerprint density at radius 3 is 2.00 bits per heavy atom. The smallest absolute Gasteiger partial charge is 0.130 e. The van der Waals surface area contributed by atoms with Crippen LogP contribution in [0, 0.1) is 0 Å². The summed E-state index contributed by atoms with van der Waals surface area (Å²) < 4.78 is 0. The molecule has 2 heterocycles. The molecule has 72 valence electrons. The molecule has 2 rings (SSSR count). The summed E-state index contributed by atoms with van der Waals surface area (Å²) in [6.45, 7) is 0. The fraction of sp³-hybridized carbons (Fsp3) is 0. The Bertz CT molecular complexity index is 323. The first-order valence-corrected chi connectivity index (χ1v) is 4.51. The Balaban J connectivity index is 0.000000146. The largest absolute Gasteiger partial charge is 0.245 e. The lowest BCUT2D eigenvalue weighted by Crippen LogP contribution is -1.69. The van der Waals surface area contributed by atoms with Crippen LogP contribution in [-0.4, -0.2) is 15.0 Å². The molecular formula is C9H7Cl2N3. The molecule has 0 saturated heterocycles. The first-order valence-electron chi connectivity index (χ1n) is 3.76. The molecule has 0 atom stereocenters. The molecule has 2 aromatic heterocycles. The zero-order chi connectivity index (χ0) is 10.2. The average molecular weight is 228 g/mol. The van der Waals surface area contributed by atoms with Crippen molar-refractivity contribution < 1.29 is 0 Å². The first-order chi connectivity index (χ1) is 6.79. The first kappa shape index (κ1) is 10.9. The fourth-order valence-corrected chi connectivity index (χ4v) is 1.02. The molecule has 0 radical (unpaired) electrons. The van der Waals surface area contributed by atoms with Gasteiger partial charge in [-0.25, -0.2) is 15.0 Å².